The fourth-order valence-corrected chi connectivity index (χ4v) is 3.33. The van der Waals surface area contributed by atoms with Crippen molar-refractivity contribution in [2.45, 2.75) is 24.1 Å². The van der Waals surface area contributed by atoms with Crippen LogP contribution < -0.4 is 5.32 Å². The van der Waals surface area contributed by atoms with Gasteiger partial charge in [-0.3, -0.25) is 0 Å². The van der Waals surface area contributed by atoms with Gasteiger partial charge in [0.1, 0.15) is 0 Å². The van der Waals surface area contributed by atoms with Gasteiger partial charge in [0.05, 0.1) is 5.02 Å². The number of thioether (sulfide) groups is 1. The van der Waals surface area contributed by atoms with Crippen molar-refractivity contribution in [3.8, 4) is 0 Å². The molecule has 1 aliphatic rings. The molecule has 0 bridgehead atoms. The highest BCUT2D eigenvalue weighted by Crippen LogP contribution is 2.46. The van der Waals surface area contributed by atoms with Crippen LogP contribution in [0.25, 0.3) is 10.9 Å². The monoisotopic (exact) mass is 280 g/mol. The van der Waals surface area contributed by atoms with Crippen molar-refractivity contribution in [3.63, 3.8) is 0 Å². The van der Waals surface area contributed by atoms with Crippen molar-refractivity contribution in [1.29, 1.82) is 0 Å². The highest BCUT2D eigenvalue weighted by molar-refractivity contribution is 8.00. The van der Waals surface area contributed by atoms with Crippen molar-refractivity contribution in [2.24, 2.45) is 0 Å². The van der Waals surface area contributed by atoms with E-state index in [1.807, 2.05) is 23.9 Å². The zero-order chi connectivity index (χ0) is 12.6. The molecule has 1 aliphatic carbocycles. The van der Waals surface area contributed by atoms with Crippen molar-refractivity contribution in [1.82, 2.24) is 10.3 Å². The van der Waals surface area contributed by atoms with E-state index in [1.165, 1.54) is 12.8 Å². The standard InChI is InChI=1S/C14H17ClN2S/c1-18-14(6-7-14)9-16-8-12-13(15)10-4-2-3-5-11(10)17-12/h2-5,16-17H,6-9H2,1H3. The molecule has 1 saturated carbocycles. The highest BCUT2D eigenvalue weighted by Gasteiger charge is 2.41. The minimum Gasteiger partial charge on any atom is -0.356 e. The first-order chi connectivity index (χ1) is 8.74. The molecule has 1 aromatic heterocycles. The summed E-state index contributed by atoms with van der Waals surface area (Å²) < 4.78 is 0.499. The number of hydrogen-bond donors (Lipinski definition) is 2. The van der Waals surface area contributed by atoms with E-state index in [9.17, 15) is 0 Å². The molecule has 2 N–H and O–H groups in total. The molecule has 1 heterocycles. The summed E-state index contributed by atoms with van der Waals surface area (Å²) in [6.45, 7) is 1.88. The van der Waals surface area contributed by atoms with E-state index >= 15 is 0 Å². The van der Waals surface area contributed by atoms with E-state index < -0.39 is 0 Å². The van der Waals surface area contributed by atoms with Crippen LogP contribution >= 0.6 is 23.4 Å². The minimum atomic E-state index is 0.499. The molecular formula is C14H17ClN2S. The molecule has 3 rings (SSSR count). The Labute approximate surface area is 116 Å². The molecule has 2 aromatic rings. The lowest BCUT2D eigenvalue weighted by Gasteiger charge is -2.12. The number of para-hydroxylation sites is 1. The van der Waals surface area contributed by atoms with E-state index in [0.29, 0.717) is 4.75 Å². The predicted molar refractivity (Wildman–Crippen MR) is 80.5 cm³/mol. The van der Waals surface area contributed by atoms with Gasteiger partial charge < -0.3 is 10.3 Å². The van der Waals surface area contributed by atoms with Crippen LogP contribution in [-0.2, 0) is 6.54 Å². The Bertz CT molecular complexity index is 560. The zero-order valence-electron chi connectivity index (χ0n) is 10.4. The fourth-order valence-electron chi connectivity index (χ4n) is 2.29. The molecule has 18 heavy (non-hydrogen) atoms. The molecule has 0 unspecified atom stereocenters. The Kier molecular flexibility index (Phi) is 3.31. The molecule has 0 atom stereocenters. The van der Waals surface area contributed by atoms with Gasteiger partial charge in [0, 0.05) is 34.4 Å². The smallest absolute Gasteiger partial charge is 0.0705 e. The second-order valence-corrected chi connectivity index (χ2v) is 6.61. The molecule has 0 aliphatic heterocycles. The third-order valence-electron chi connectivity index (χ3n) is 3.70. The number of aromatic amines is 1. The summed E-state index contributed by atoms with van der Waals surface area (Å²) in [7, 11) is 0. The topological polar surface area (TPSA) is 27.8 Å². The van der Waals surface area contributed by atoms with Gasteiger partial charge in [-0.05, 0) is 25.2 Å². The molecule has 0 spiro atoms. The molecular weight excluding hydrogens is 264 g/mol. The quantitative estimate of drug-likeness (QED) is 0.872. The number of benzene rings is 1. The Hall–Kier alpha value is -0.640. The average Bonchev–Trinajstić information content (AvgIpc) is 3.11. The number of aromatic nitrogens is 1. The Morgan fingerprint density at radius 1 is 1.39 bits per heavy atom. The van der Waals surface area contributed by atoms with Crippen LogP contribution in [0.15, 0.2) is 24.3 Å². The van der Waals surface area contributed by atoms with E-state index in [4.69, 9.17) is 11.6 Å². The predicted octanol–water partition coefficient (Wildman–Crippen LogP) is 3.81. The maximum atomic E-state index is 6.38. The van der Waals surface area contributed by atoms with E-state index in [0.717, 1.165) is 34.7 Å². The zero-order valence-corrected chi connectivity index (χ0v) is 12.0. The summed E-state index contributed by atoms with van der Waals surface area (Å²) in [6.07, 6.45) is 4.87. The second-order valence-electron chi connectivity index (χ2n) is 4.95. The summed E-state index contributed by atoms with van der Waals surface area (Å²) in [5.74, 6) is 0. The van der Waals surface area contributed by atoms with Crippen LogP contribution in [0.3, 0.4) is 0 Å². The molecule has 0 amide bonds. The Balaban J connectivity index is 1.69. The van der Waals surface area contributed by atoms with Gasteiger partial charge in [0.2, 0.25) is 0 Å². The second kappa shape index (κ2) is 4.80. The molecule has 0 saturated heterocycles. The first-order valence-electron chi connectivity index (χ1n) is 6.25. The van der Waals surface area contributed by atoms with Crippen LogP contribution in [0.5, 0.6) is 0 Å². The molecule has 0 radical (unpaired) electrons. The first-order valence-corrected chi connectivity index (χ1v) is 7.85. The summed E-state index contributed by atoms with van der Waals surface area (Å²) in [4.78, 5) is 3.39. The number of fused-ring (bicyclic) bond motifs is 1. The van der Waals surface area contributed by atoms with Gasteiger partial charge in [0.25, 0.3) is 0 Å². The van der Waals surface area contributed by atoms with Crippen LogP contribution in [0.1, 0.15) is 18.5 Å². The van der Waals surface area contributed by atoms with E-state index in [-0.39, 0.29) is 0 Å². The van der Waals surface area contributed by atoms with Gasteiger partial charge >= 0.3 is 0 Å². The van der Waals surface area contributed by atoms with Crippen molar-refractivity contribution < 1.29 is 0 Å². The van der Waals surface area contributed by atoms with Crippen molar-refractivity contribution in [3.05, 3.63) is 35.0 Å². The largest absolute Gasteiger partial charge is 0.356 e. The summed E-state index contributed by atoms with van der Waals surface area (Å²) >= 11 is 8.36. The first kappa shape index (κ1) is 12.4. The third kappa shape index (κ3) is 2.27. The fraction of sp³-hybridized carbons (Fsp3) is 0.429. The molecule has 1 fully saturated rings. The van der Waals surface area contributed by atoms with Crippen LogP contribution in [-0.4, -0.2) is 22.5 Å². The van der Waals surface area contributed by atoms with Gasteiger partial charge in [-0.15, -0.1) is 0 Å². The number of rotatable bonds is 5. The van der Waals surface area contributed by atoms with Crippen LogP contribution in [0.2, 0.25) is 5.02 Å². The number of H-pyrrole nitrogens is 1. The van der Waals surface area contributed by atoms with Crippen LogP contribution in [0, 0.1) is 0 Å². The number of halogens is 1. The van der Waals surface area contributed by atoms with Gasteiger partial charge in [-0.2, -0.15) is 11.8 Å². The summed E-state index contributed by atoms with van der Waals surface area (Å²) in [6, 6.07) is 8.17. The number of hydrogen-bond acceptors (Lipinski definition) is 2. The normalized spacial score (nSPS) is 17.2. The lowest BCUT2D eigenvalue weighted by Crippen LogP contribution is -2.25. The van der Waals surface area contributed by atoms with Gasteiger partial charge in [-0.25, -0.2) is 0 Å². The average molecular weight is 281 g/mol. The number of nitrogens with one attached hydrogen (secondary N) is 2. The maximum Gasteiger partial charge on any atom is 0.0705 e. The van der Waals surface area contributed by atoms with E-state index in [2.05, 4.69) is 28.7 Å². The van der Waals surface area contributed by atoms with E-state index in [1.54, 1.807) is 0 Å². The SMILES string of the molecule is CSC1(CNCc2[nH]c3ccccc3c2Cl)CC1. The van der Waals surface area contributed by atoms with Gasteiger partial charge in [0.15, 0.2) is 0 Å². The minimum absolute atomic E-state index is 0.499. The highest BCUT2D eigenvalue weighted by atomic mass is 35.5. The lowest BCUT2D eigenvalue weighted by molar-refractivity contribution is 0.656. The van der Waals surface area contributed by atoms with Crippen molar-refractivity contribution in [2.75, 3.05) is 12.8 Å². The Morgan fingerprint density at radius 3 is 2.83 bits per heavy atom. The summed E-state index contributed by atoms with van der Waals surface area (Å²) in [5.41, 5.74) is 2.21. The summed E-state index contributed by atoms with van der Waals surface area (Å²) in [5, 5.41) is 5.49. The third-order valence-corrected chi connectivity index (χ3v) is 5.55. The molecule has 2 nitrogen and oxygen atoms in total. The van der Waals surface area contributed by atoms with Gasteiger partial charge in [-0.1, -0.05) is 29.8 Å². The Morgan fingerprint density at radius 2 is 2.17 bits per heavy atom. The molecule has 1 aromatic carbocycles. The molecule has 96 valence electrons. The van der Waals surface area contributed by atoms with Crippen LogP contribution in [0.4, 0.5) is 0 Å². The maximum absolute atomic E-state index is 6.38. The van der Waals surface area contributed by atoms with Crippen molar-refractivity contribution >= 4 is 34.3 Å². The lowest BCUT2D eigenvalue weighted by atomic mass is 10.2. The molecule has 4 heteroatoms.